The molecule has 0 aliphatic carbocycles. The third-order valence-electron chi connectivity index (χ3n) is 2.94. The van der Waals surface area contributed by atoms with Gasteiger partial charge in [-0.15, -0.1) is 0 Å². The van der Waals surface area contributed by atoms with Gasteiger partial charge in [0.2, 0.25) is 0 Å². The Hall–Kier alpha value is -1.52. The summed E-state index contributed by atoms with van der Waals surface area (Å²) in [4.78, 5) is 17.5. The van der Waals surface area contributed by atoms with Crippen molar-refractivity contribution < 1.29 is 13.6 Å². The summed E-state index contributed by atoms with van der Waals surface area (Å²) in [6.45, 7) is 6.05. The number of carbonyl (C=O) groups excluding carboxylic acids is 1. The minimum Gasteiger partial charge on any atom is -0.338 e. The summed E-state index contributed by atoms with van der Waals surface area (Å²) in [5, 5.41) is 0. The lowest BCUT2D eigenvalue weighted by molar-refractivity contribution is -0.0494. The van der Waals surface area contributed by atoms with Crippen LogP contribution in [0.5, 0.6) is 0 Å². The smallest absolute Gasteiger partial charge is 0.255 e. The minimum atomic E-state index is -2.62. The normalized spacial score (nSPS) is 17.4. The number of amides is 1. The van der Waals surface area contributed by atoms with Crippen molar-refractivity contribution in [2.45, 2.75) is 39.5 Å². The zero-order valence-corrected chi connectivity index (χ0v) is 11.6. The van der Waals surface area contributed by atoms with Crippen molar-refractivity contribution in [2.75, 3.05) is 13.1 Å². The van der Waals surface area contributed by atoms with E-state index in [-0.39, 0.29) is 31.8 Å². The Morgan fingerprint density at radius 2 is 1.84 bits per heavy atom. The van der Waals surface area contributed by atoms with Crippen LogP contribution in [0.2, 0.25) is 0 Å². The monoisotopic (exact) mass is 270 g/mol. The molecule has 1 aromatic rings. The first kappa shape index (κ1) is 15.5. The van der Waals surface area contributed by atoms with Crippen LogP contribution in [0.1, 0.15) is 42.7 Å². The van der Waals surface area contributed by atoms with E-state index in [1.54, 1.807) is 12.1 Å². The lowest BCUT2D eigenvalue weighted by atomic mass is 10.1. The van der Waals surface area contributed by atoms with Gasteiger partial charge in [0.25, 0.3) is 11.8 Å². The van der Waals surface area contributed by atoms with Crippen LogP contribution in [0.25, 0.3) is 0 Å². The number of piperidine rings is 1. The molecule has 106 valence electrons. The molecule has 0 N–H and O–H groups in total. The van der Waals surface area contributed by atoms with Gasteiger partial charge >= 0.3 is 0 Å². The van der Waals surface area contributed by atoms with Crippen LogP contribution in [0.4, 0.5) is 8.78 Å². The Balaban J connectivity index is 0.000000861. The molecule has 1 amide bonds. The maximum absolute atomic E-state index is 12.9. The average Bonchev–Trinajstić information content (AvgIpc) is 2.41. The van der Waals surface area contributed by atoms with Gasteiger partial charge in [0, 0.05) is 37.8 Å². The van der Waals surface area contributed by atoms with Crippen molar-refractivity contribution in [2.24, 2.45) is 0 Å². The van der Waals surface area contributed by atoms with Gasteiger partial charge in [-0.3, -0.25) is 9.78 Å². The summed E-state index contributed by atoms with van der Waals surface area (Å²) in [7, 11) is 0. The largest absolute Gasteiger partial charge is 0.338 e. The molecule has 1 aliphatic rings. The third kappa shape index (κ3) is 4.26. The Labute approximate surface area is 112 Å². The number of likely N-dealkylation sites (tertiary alicyclic amines) is 1. The Morgan fingerprint density at radius 1 is 1.26 bits per heavy atom. The molecule has 0 saturated carbocycles. The van der Waals surface area contributed by atoms with Crippen LogP contribution in [0.3, 0.4) is 0 Å². The van der Waals surface area contributed by atoms with Gasteiger partial charge < -0.3 is 4.90 Å². The van der Waals surface area contributed by atoms with Gasteiger partial charge in [0.15, 0.2) is 0 Å². The van der Waals surface area contributed by atoms with Crippen molar-refractivity contribution in [1.29, 1.82) is 0 Å². The molecule has 0 atom stereocenters. The first-order chi connectivity index (χ1) is 8.98. The van der Waals surface area contributed by atoms with Gasteiger partial charge in [-0.2, -0.15) is 0 Å². The molecule has 3 nitrogen and oxygen atoms in total. The van der Waals surface area contributed by atoms with Crippen LogP contribution in [-0.4, -0.2) is 34.8 Å². The maximum atomic E-state index is 12.9. The lowest BCUT2D eigenvalue weighted by Crippen LogP contribution is -2.42. The fourth-order valence-electron chi connectivity index (χ4n) is 1.81. The average molecular weight is 270 g/mol. The van der Waals surface area contributed by atoms with Crippen molar-refractivity contribution in [3.05, 3.63) is 29.6 Å². The fraction of sp³-hybridized carbons (Fsp3) is 0.571. The Bertz CT molecular complexity index is 408. The molecule has 1 aliphatic heterocycles. The lowest BCUT2D eigenvalue weighted by Gasteiger charge is -2.31. The standard InChI is InChI=1S/C12H14F2N2O.C2H6/c1-9-2-3-10(8-15-9)11(17)16-6-4-12(13,14)5-7-16;1-2/h2-3,8H,4-7H2,1H3;1-2H3. The topological polar surface area (TPSA) is 33.2 Å². The van der Waals surface area contributed by atoms with Gasteiger partial charge in [-0.05, 0) is 19.1 Å². The number of alkyl halides is 2. The van der Waals surface area contributed by atoms with E-state index in [4.69, 9.17) is 0 Å². The van der Waals surface area contributed by atoms with Crippen LogP contribution in [0, 0.1) is 6.92 Å². The molecule has 19 heavy (non-hydrogen) atoms. The summed E-state index contributed by atoms with van der Waals surface area (Å²) < 4.78 is 25.9. The van der Waals surface area contributed by atoms with Crippen LogP contribution in [0.15, 0.2) is 18.3 Å². The van der Waals surface area contributed by atoms with Crippen LogP contribution >= 0.6 is 0 Å². The molecular weight excluding hydrogens is 250 g/mol. The van der Waals surface area contributed by atoms with Gasteiger partial charge in [0.1, 0.15) is 0 Å². The maximum Gasteiger partial charge on any atom is 0.255 e. The van der Waals surface area contributed by atoms with E-state index in [0.29, 0.717) is 5.56 Å². The number of carbonyl (C=O) groups is 1. The summed E-state index contributed by atoms with van der Waals surface area (Å²) in [6, 6.07) is 3.42. The number of halogens is 2. The first-order valence-electron chi connectivity index (χ1n) is 6.58. The van der Waals surface area contributed by atoms with E-state index in [1.165, 1.54) is 11.1 Å². The van der Waals surface area contributed by atoms with Crippen molar-refractivity contribution >= 4 is 5.91 Å². The summed E-state index contributed by atoms with van der Waals surface area (Å²) >= 11 is 0. The zero-order chi connectivity index (χ0) is 14.5. The van der Waals surface area contributed by atoms with Crippen molar-refractivity contribution in [1.82, 2.24) is 9.88 Å². The molecule has 0 aromatic carbocycles. The summed E-state index contributed by atoms with van der Waals surface area (Å²) in [6.07, 6.45) is 0.987. The Morgan fingerprint density at radius 3 is 2.32 bits per heavy atom. The highest BCUT2D eigenvalue weighted by Crippen LogP contribution is 2.28. The van der Waals surface area contributed by atoms with E-state index in [9.17, 15) is 13.6 Å². The van der Waals surface area contributed by atoms with Gasteiger partial charge in [-0.1, -0.05) is 13.8 Å². The fourth-order valence-corrected chi connectivity index (χ4v) is 1.81. The molecule has 1 fully saturated rings. The number of nitrogens with zero attached hydrogens (tertiary/aromatic N) is 2. The number of rotatable bonds is 1. The summed E-state index contributed by atoms with van der Waals surface area (Å²) in [5.74, 6) is -2.84. The molecule has 0 radical (unpaired) electrons. The number of aromatic nitrogens is 1. The van der Waals surface area contributed by atoms with Crippen molar-refractivity contribution in [3.8, 4) is 0 Å². The quantitative estimate of drug-likeness (QED) is 0.784. The molecule has 1 aromatic heterocycles. The van der Waals surface area contributed by atoms with Gasteiger partial charge in [0.05, 0.1) is 5.56 Å². The molecule has 0 spiro atoms. The first-order valence-corrected chi connectivity index (χ1v) is 6.58. The van der Waals surface area contributed by atoms with E-state index in [0.717, 1.165) is 5.69 Å². The summed E-state index contributed by atoms with van der Waals surface area (Å²) in [5.41, 5.74) is 1.28. The number of hydrogen-bond acceptors (Lipinski definition) is 2. The molecule has 2 heterocycles. The zero-order valence-electron chi connectivity index (χ0n) is 11.6. The predicted octanol–water partition coefficient (Wildman–Crippen LogP) is 3.29. The molecule has 5 heteroatoms. The van der Waals surface area contributed by atoms with E-state index in [2.05, 4.69) is 4.98 Å². The van der Waals surface area contributed by atoms with E-state index in [1.807, 2.05) is 20.8 Å². The minimum absolute atomic E-state index is 0.111. The number of hydrogen-bond donors (Lipinski definition) is 0. The Kier molecular flexibility index (Phi) is 5.39. The highest BCUT2D eigenvalue weighted by atomic mass is 19.3. The second-order valence-electron chi connectivity index (χ2n) is 4.34. The van der Waals surface area contributed by atoms with E-state index < -0.39 is 5.92 Å². The van der Waals surface area contributed by atoms with E-state index >= 15 is 0 Å². The molecule has 2 rings (SSSR count). The van der Waals surface area contributed by atoms with Crippen LogP contribution < -0.4 is 0 Å². The SMILES string of the molecule is CC.Cc1ccc(C(=O)N2CCC(F)(F)CC2)cn1. The molecule has 0 bridgehead atoms. The molecule has 0 unspecified atom stereocenters. The molecule has 1 saturated heterocycles. The van der Waals surface area contributed by atoms with Crippen LogP contribution in [-0.2, 0) is 0 Å². The second kappa shape index (κ2) is 6.59. The second-order valence-corrected chi connectivity index (χ2v) is 4.34. The predicted molar refractivity (Wildman–Crippen MR) is 70.4 cm³/mol. The molecular formula is C14H20F2N2O. The highest BCUT2D eigenvalue weighted by molar-refractivity contribution is 5.94. The third-order valence-corrected chi connectivity index (χ3v) is 2.94. The number of aryl methyl sites for hydroxylation is 1. The number of pyridine rings is 1. The van der Waals surface area contributed by atoms with Crippen molar-refractivity contribution in [3.63, 3.8) is 0 Å². The highest BCUT2D eigenvalue weighted by Gasteiger charge is 2.35. The van der Waals surface area contributed by atoms with Gasteiger partial charge in [-0.25, -0.2) is 8.78 Å².